The lowest BCUT2D eigenvalue weighted by Crippen LogP contribution is -1.98. The van der Waals surface area contributed by atoms with Crippen molar-refractivity contribution >= 4 is 43.6 Å². The van der Waals surface area contributed by atoms with Gasteiger partial charge in [0, 0.05) is 55.8 Å². The van der Waals surface area contributed by atoms with Crippen molar-refractivity contribution in [3.05, 3.63) is 182 Å². The van der Waals surface area contributed by atoms with Crippen LogP contribution in [0, 0.1) is 0 Å². The summed E-state index contributed by atoms with van der Waals surface area (Å²) in [7, 11) is 0. The molecule has 7 aromatic carbocycles. The number of rotatable bonds is 5. The van der Waals surface area contributed by atoms with Crippen LogP contribution in [0.4, 0.5) is 0 Å². The van der Waals surface area contributed by atoms with E-state index < -0.39 is 0 Å². The molecule has 0 saturated carbocycles. The fourth-order valence-electron chi connectivity index (χ4n) is 7.46. The predicted molar refractivity (Wildman–Crippen MR) is 207 cm³/mol. The van der Waals surface area contributed by atoms with Gasteiger partial charge in [0.25, 0.3) is 0 Å². The van der Waals surface area contributed by atoms with E-state index >= 15 is 0 Å². The summed E-state index contributed by atoms with van der Waals surface area (Å²) in [6.07, 6.45) is 2.29. The van der Waals surface area contributed by atoms with Gasteiger partial charge in [0.15, 0.2) is 5.82 Å². The lowest BCUT2D eigenvalue weighted by molar-refractivity contribution is 1.12. The first-order chi connectivity index (χ1) is 24.8. The van der Waals surface area contributed by atoms with Crippen LogP contribution >= 0.6 is 0 Å². The van der Waals surface area contributed by atoms with Gasteiger partial charge in [-0.25, -0.2) is 9.97 Å². The summed E-state index contributed by atoms with van der Waals surface area (Å²) < 4.78 is 4.78. The first kappa shape index (κ1) is 28.3. The standard InChI is InChI=1S/C46H30N4/c1-5-15-31(16-6-1)40-30-49(34-19-9-3-10-20-34)44-37(40)27-26-36-39-29-33(25-28-42(39)50(45(36)44)35-21-11-4-12-22-35)46-47-41-24-14-13-23-38(41)43(48-46)32-17-7-2-8-18-32/h1-30H. The fraction of sp³-hybridized carbons (Fsp3) is 0. The molecular formula is C46H30N4. The maximum Gasteiger partial charge on any atom is 0.160 e. The SMILES string of the molecule is c1ccc(-c2nc(-c3ccc4c(c3)c3ccc5c(-c6ccccc6)cn(-c6ccccc6)c5c3n4-c3ccccc3)nc3ccccc23)cc1. The molecule has 234 valence electrons. The van der Waals surface area contributed by atoms with Gasteiger partial charge in [-0.3, -0.25) is 0 Å². The van der Waals surface area contributed by atoms with Gasteiger partial charge >= 0.3 is 0 Å². The number of hydrogen-bond acceptors (Lipinski definition) is 2. The number of benzene rings is 7. The quantitative estimate of drug-likeness (QED) is 0.188. The predicted octanol–water partition coefficient (Wildman–Crippen LogP) is 11.7. The summed E-state index contributed by atoms with van der Waals surface area (Å²) in [5.41, 5.74) is 12.0. The van der Waals surface area contributed by atoms with Gasteiger partial charge in [-0.1, -0.05) is 127 Å². The van der Waals surface area contributed by atoms with Gasteiger partial charge in [-0.2, -0.15) is 0 Å². The van der Waals surface area contributed by atoms with Crippen LogP contribution in [0.1, 0.15) is 0 Å². The number of hydrogen-bond donors (Lipinski definition) is 0. The molecule has 0 unspecified atom stereocenters. The Labute approximate surface area is 289 Å². The van der Waals surface area contributed by atoms with E-state index in [0.717, 1.165) is 55.5 Å². The minimum Gasteiger partial charge on any atom is -0.314 e. The van der Waals surface area contributed by atoms with E-state index in [1.807, 2.05) is 12.1 Å². The number of para-hydroxylation sites is 3. The van der Waals surface area contributed by atoms with Gasteiger partial charge in [0.2, 0.25) is 0 Å². The summed E-state index contributed by atoms with van der Waals surface area (Å²) in [5, 5.41) is 4.58. The zero-order chi connectivity index (χ0) is 33.0. The highest BCUT2D eigenvalue weighted by atomic mass is 15.0. The molecule has 10 rings (SSSR count). The molecule has 0 spiro atoms. The Hall–Kier alpha value is -6.78. The maximum absolute atomic E-state index is 5.21. The van der Waals surface area contributed by atoms with E-state index in [9.17, 15) is 0 Å². The number of aromatic nitrogens is 4. The van der Waals surface area contributed by atoms with Crippen LogP contribution in [0.3, 0.4) is 0 Å². The van der Waals surface area contributed by atoms with E-state index in [4.69, 9.17) is 9.97 Å². The first-order valence-corrected chi connectivity index (χ1v) is 16.9. The summed E-state index contributed by atoms with van der Waals surface area (Å²) in [5.74, 6) is 0.713. The highest BCUT2D eigenvalue weighted by Crippen LogP contribution is 2.42. The van der Waals surface area contributed by atoms with Crippen molar-refractivity contribution in [1.82, 2.24) is 19.1 Å². The highest BCUT2D eigenvalue weighted by Gasteiger charge is 2.22. The molecular weight excluding hydrogens is 609 g/mol. The molecule has 0 saturated heterocycles. The summed E-state index contributed by atoms with van der Waals surface area (Å²) in [6.45, 7) is 0. The van der Waals surface area contributed by atoms with E-state index in [2.05, 4.69) is 179 Å². The Kier molecular flexibility index (Phi) is 6.46. The molecule has 10 aromatic rings. The second kappa shape index (κ2) is 11.4. The fourth-order valence-corrected chi connectivity index (χ4v) is 7.46. The van der Waals surface area contributed by atoms with Crippen LogP contribution in [0.2, 0.25) is 0 Å². The van der Waals surface area contributed by atoms with E-state index in [-0.39, 0.29) is 0 Å². The third-order valence-electron chi connectivity index (χ3n) is 9.73. The topological polar surface area (TPSA) is 35.6 Å². The van der Waals surface area contributed by atoms with Crippen LogP contribution in [0.15, 0.2) is 182 Å². The summed E-state index contributed by atoms with van der Waals surface area (Å²) in [4.78, 5) is 10.3. The van der Waals surface area contributed by atoms with Gasteiger partial charge in [0.05, 0.1) is 27.8 Å². The van der Waals surface area contributed by atoms with Gasteiger partial charge in [-0.15, -0.1) is 0 Å². The Morgan fingerprint density at radius 3 is 1.76 bits per heavy atom. The Balaban J connectivity index is 1.30. The molecule has 0 bridgehead atoms. The average Bonchev–Trinajstić information content (AvgIpc) is 3.75. The summed E-state index contributed by atoms with van der Waals surface area (Å²) >= 11 is 0. The zero-order valence-corrected chi connectivity index (χ0v) is 27.1. The molecule has 3 aromatic heterocycles. The minimum absolute atomic E-state index is 0.713. The molecule has 50 heavy (non-hydrogen) atoms. The van der Waals surface area contributed by atoms with E-state index in [1.54, 1.807) is 0 Å². The van der Waals surface area contributed by atoms with Gasteiger partial charge in [0.1, 0.15) is 0 Å². The first-order valence-electron chi connectivity index (χ1n) is 16.9. The molecule has 0 fully saturated rings. The van der Waals surface area contributed by atoms with E-state index in [0.29, 0.717) is 5.82 Å². The largest absolute Gasteiger partial charge is 0.314 e. The lowest BCUT2D eigenvalue weighted by atomic mass is 10.0. The Morgan fingerprint density at radius 1 is 0.400 bits per heavy atom. The monoisotopic (exact) mass is 638 g/mol. The second-order valence-corrected chi connectivity index (χ2v) is 12.7. The van der Waals surface area contributed by atoms with Gasteiger partial charge < -0.3 is 9.13 Å². The third-order valence-corrected chi connectivity index (χ3v) is 9.73. The Bertz CT molecular complexity index is 2840. The van der Waals surface area contributed by atoms with Crippen molar-refractivity contribution in [2.45, 2.75) is 0 Å². The lowest BCUT2D eigenvalue weighted by Gasteiger charge is -2.12. The maximum atomic E-state index is 5.21. The molecule has 0 amide bonds. The highest BCUT2D eigenvalue weighted by molar-refractivity contribution is 6.20. The van der Waals surface area contributed by atoms with Crippen molar-refractivity contribution in [2.24, 2.45) is 0 Å². The van der Waals surface area contributed by atoms with Crippen molar-refractivity contribution in [2.75, 3.05) is 0 Å². The van der Waals surface area contributed by atoms with Crippen LogP contribution in [-0.2, 0) is 0 Å². The molecule has 0 aliphatic carbocycles. The van der Waals surface area contributed by atoms with Gasteiger partial charge in [-0.05, 0) is 54.1 Å². The van der Waals surface area contributed by atoms with Crippen molar-refractivity contribution in [3.8, 4) is 45.1 Å². The third kappa shape index (κ3) is 4.46. The average molecular weight is 639 g/mol. The Morgan fingerprint density at radius 2 is 1.02 bits per heavy atom. The molecule has 0 aliphatic rings. The molecule has 4 nitrogen and oxygen atoms in total. The molecule has 4 heteroatoms. The van der Waals surface area contributed by atoms with Crippen LogP contribution in [0.5, 0.6) is 0 Å². The number of fused-ring (bicyclic) bond motifs is 6. The number of nitrogens with zero attached hydrogens (tertiary/aromatic N) is 4. The molecule has 3 heterocycles. The zero-order valence-electron chi connectivity index (χ0n) is 27.1. The molecule has 0 N–H and O–H groups in total. The molecule has 0 atom stereocenters. The van der Waals surface area contributed by atoms with Crippen LogP contribution in [0.25, 0.3) is 88.8 Å². The van der Waals surface area contributed by atoms with Crippen LogP contribution in [-0.4, -0.2) is 19.1 Å². The molecule has 0 radical (unpaired) electrons. The van der Waals surface area contributed by atoms with Crippen LogP contribution < -0.4 is 0 Å². The summed E-state index contributed by atoms with van der Waals surface area (Å²) in [6, 6.07) is 62.0. The smallest absolute Gasteiger partial charge is 0.160 e. The normalized spacial score (nSPS) is 11.6. The minimum atomic E-state index is 0.713. The second-order valence-electron chi connectivity index (χ2n) is 12.7. The van der Waals surface area contributed by atoms with E-state index in [1.165, 1.54) is 27.4 Å². The van der Waals surface area contributed by atoms with Crippen molar-refractivity contribution in [1.29, 1.82) is 0 Å². The van der Waals surface area contributed by atoms with Crippen molar-refractivity contribution < 1.29 is 0 Å². The van der Waals surface area contributed by atoms with Crippen molar-refractivity contribution in [3.63, 3.8) is 0 Å². The molecule has 0 aliphatic heterocycles.